The number of hydrogen-bond acceptors (Lipinski definition) is 5. The maximum Gasteiger partial charge on any atom is 0.200 e. The topological polar surface area (TPSA) is 80.7 Å². The standard InChI is InChI=1S/C10H14N4O2S/c1-13(2)7-5-4-6-14-9(7)8(11)10(12-14)17(3,15)16/h4-6H,11H2,1-3H3. The van der Waals surface area contributed by atoms with Crippen LogP contribution in [0.25, 0.3) is 5.52 Å². The van der Waals surface area contributed by atoms with E-state index in [0.29, 0.717) is 5.52 Å². The van der Waals surface area contributed by atoms with Gasteiger partial charge < -0.3 is 10.6 Å². The lowest BCUT2D eigenvalue weighted by Gasteiger charge is -2.13. The second kappa shape index (κ2) is 3.63. The molecule has 0 amide bonds. The van der Waals surface area contributed by atoms with Crippen molar-refractivity contribution in [3.63, 3.8) is 0 Å². The lowest BCUT2D eigenvalue weighted by molar-refractivity contribution is 0.597. The van der Waals surface area contributed by atoms with Crippen LogP contribution in [0.1, 0.15) is 0 Å². The Morgan fingerprint density at radius 2 is 2.06 bits per heavy atom. The first-order chi connectivity index (χ1) is 7.82. The highest BCUT2D eigenvalue weighted by atomic mass is 32.2. The number of nitrogens with zero attached hydrogens (tertiary/aromatic N) is 3. The van der Waals surface area contributed by atoms with E-state index < -0.39 is 9.84 Å². The van der Waals surface area contributed by atoms with Crippen molar-refractivity contribution in [2.75, 3.05) is 31.0 Å². The monoisotopic (exact) mass is 254 g/mol. The molecule has 0 saturated heterocycles. The number of fused-ring (bicyclic) bond motifs is 1. The Morgan fingerprint density at radius 3 is 2.59 bits per heavy atom. The zero-order valence-corrected chi connectivity index (χ0v) is 10.7. The van der Waals surface area contributed by atoms with Gasteiger partial charge in [0.05, 0.1) is 11.4 Å². The van der Waals surface area contributed by atoms with Crippen LogP contribution in [0.15, 0.2) is 23.4 Å². The minimum atomic E-state index is -3.41. The van der Waals surface area contributed by atoms with Crippen molar-refractivity contribution in [2.45, 2.75) is 5.03 Å². The van der Waals surface area contributed by atoms with Crippen LogP contribution in [0.3, 0.4) is 0 Å². The van der Waals surface area contributed by atoms with Gasteiger partial charge in [-0.05, 0) is 12.1 Å². The highest BCUT2D eigenvalue weighted by Crippen LogP contribution is 2.29. The smallest absolute Gasteiger partial charge is 0.200 e. The molecule has 17 heavy (non-hydrogen) atoms. The maximum atomic E-state index is 11.5. The molecule has 0 unspecified atom stereocenters. The number of anilines is 2. The van der Waals surface area contributed by atoms with Crippen LogP contribution in [0.2, 0.25) is 0 Å². The van der Waals surface area contributed by atoms with E-state index in [1.165, 1.54) is 4.52 Å². The SMILES string of the molecule is CN(C)c1cccn2nc(S(C)(=O)=O)c(N)c12. The summed E-state index contributed by atoms with van der Waals surface area (Å²) in [5, 5.41) is 3.93. The molecular weight excluding hydrogens is 240 g/mol. The predicted octanol–water partition coefficient (Wildman–Crippen LogP) is 0.386. The molecule has 0 bridgehead atoms. The molecule has 0 fully saturated rings. The van der Waals surface area contributed by atoms with Crippen LogP contribution in [0.5, 0.6) is 0 Å². The van der Waals surface area contributed by atoms with Gasteiger partial charge in [-0.25, -0.2) is 12.9 Å². The molecule has 2 rings (SSSR count). The Bertz CT molecular complexity index is 673. The summed E-state index contributed by atoms with van der Waals surface area (Å²) in [6, 6.07) is 3.65. The molecule has 2 heterocycles. The van der Waals surface area contributed by atoms with Crippen LogP contribution in [-0.4, -0.2) is 38.4 Å². The van der Waals surface area contributed by atoms with E-state index in [9.17, 15) is 8.42 Å². The fraction of sp³-hybridized carbons (Fsp3) is 0.300. The molecule has 2 N–H and O–H groups in total. The van der Waals surface area contributed by atoms with Gasteiger partial charge in [-0.1, -0.05) is 0 Å². The van der Waals surface area contributed by atoms with Gasteiger partial charge in [0.15, 0.2) is 9.84 Å². The van der Waals surface area contributed by atoms with Gasteiger partial charge >= 0.3 is 0 Å². The second-order valence-electron chi connectivity index (χ2n) is 4.07. The van der Waals surface area contributed by atoms with Crippen molar-refractivity contribution >= 4 is 26.7 Å². The van der Waals surface area contributed by atoms with Crippen molar-refractivity contribution < 1.29 is 8.42 Å². The van der Waals surface area contributed by atoms with Gasteiger partial charge in [-0.3, -0.25) is 0 Å². The number of nitrogens with two attached hydrogens (primary N) is 1. The molecule has 0 radical (unpaired) electrons. The Labute approximate surface area is 99.6 Å². The van der Waals surface area contributed by atoms with E-state index in [2.05, 4.69) is 5.10 Å². The summed E-state index contributed by atoms with van der Waals surface area (Å²) < 4.78 is 24.6. The molecule has 0 atom stereocenters. The normalized spacial score (nSPS) is 11.9. The zero-order chi connectivity index (χ0) is 12.8. The molecule has 0 spiro atoms. The van der Waals surface area contributed by atoms with Crippen molar-refractivity contribution in [1.82, 2.24) is 9.61 Å². The molecule has 0 aliphatic carbocycles. The third-order valence-corrected chi connectivity index (χ3v) is 3.47. The molecular formula is C10H14N4O2S. The van der Waals surface area contributed by atoms with Crippen LogP contribution < -0.4 is 10.6 Å². The van der Waals surface area contributed by atoms with Gasteiger partial charge in [0, 0.05) is 26.5 Å². The molecule has 2 aromatic rings. The maximum absolute atomic E-state index is 11.5. The summed E-state index contributed by atoms with van der Waals surface area (Å²) >= 11 is 0. The van der Waals surface area contributed by atoms with Crippen LogP contribution in [0.4, 0.5) is 11.4 Å². The van der Waals surface area contributed by atoms with Gasteiger partial charge in [0.1, 0.15) is 5.52 Å². The Morgan fingerprint density at radius 1 is 1.41 bits per heavy atom. The lowest BCUT2D eigenvalue weighted by atomic mass is 10.3. The average Bonchev–Trinajstić information content (AvgIpc) is 2.55. The van der Waals surface area contributed by atoms with E-state index in [0.717, 1.165) is 11.9 Å². The van der Waals surface area contributed by atoms with E-state index in [4.69, 9.17) is 5.73 Å². The molecule has 6 nitrogen and oxygen atoms in total. The van der Waals surface area contributed by atoms with Crippen molar-refractivity contribution in [2.24, 2.45) is 0 Å². The first-order valence-corrected chi connectivity index (χ1v) is 6.85. The molecule has 92 valence electrons. The minimum absolute atomic E-state index is 0.0770. The summed E-state index contributed by atoms with van der Waals surface area (Å²) in [5.41, 5.74) is 7.50. The van der Waals surface area contributed by atoms with E-state index >= 15 is 0 Å². The van der Waals surface area contributed by atoms with Crippen molar-refractivity contribution in [3.05, 3.63) is 18.3 Å². The fourth-order valence-electron chi connectivity index (χ4n) is 1.72. The first-order valence-electron chi connectivity index (χ1n) is 4.96. The number of aromatic nitrogens is 2. The van der Waals surface area contributed by atoms with E-state index in [1.807, 2.05) is 25.1 Å². The van der Waals surface area contributed by atoms with Crippen LogP contribution in [-0.2, 0) is 9.84 Å². The predicted molar refractivity (Wildman–Crippen MR) is 67.0 cm³/mol. The minimum Gasteiger partial charge on any atom is -0.395 e. The van der Waals surface area contributed by atoms with Gasteiger partial charge in [-0.2, -0.15) is 5.10 Å². The van der Waals surface area contributed by atoms with Crippen molar-refractivity contribution in [3.8, 4) is 0 Å². The summed E-state index contributed by atoms with van der Waals surface area (Å²) in [5.74, 6) is 0. The number of nitrogen functional groups attached to an aromatic ring is 1. The van der Waals surface area contributed by atoms with Gasteiger partial charge in [-0.15, -0.1) is 0 Å². The second-order valence-corrected chi connectivity index (χ2v) is 6.00. The largest absolute Gasteiger partial charge is 0.395 e. The van der Waals surface area contributed by atoms with Crippen LogP contribution >= 0.6 is 0 Å². The van der Waals surface area contributed by atoms with Crippen molar-refractivity contribution in [1.29, 1.82) is 0 Å². The summed E-state index contributed by atoms with van der Waals surface area (Å²) in [6.07, 6.45) is 2.77. The Kier molecular flexibility index (Phi) is 2.50. The third kappa shape index (κ3) is 1.82. The summed E-state index contributed by atoms with van der Waals surface area (Å²) in [4.78, 5) is 1.86. The number of pyridine rings is 1. The average molecular weight is 254 g/mol. The molecule has 0 aliphatic rings. The number of rotatable bonds is 2. The van der Waals surface area contributed by atoms with Gasteiger partial charge in [0.2, 0.25) is 5.03 Å². The number of hydrogen-bond donors (Lipinski definition) is 1. The third-order valence-electron chi connectivity index (χ3n) is 2.47. The zero-order valence-electron chi connectivity index (χ0n) is 9.88. The van der Waals surface area contributed by atoms with E-state index in [-0.39, 0.29) is 10.7 Å². The molecule has 7 heteroatoms. The lowest BCUT2D eigenvalue weighted by Crippen LogP contribution is -2.10. The Balaban J connectivity index is 2.89. The quantitative estimate of drug-likeness (QED) is 0.838. The molecule has 2 aromatic heterocycles. The first kappa shape index (κ1) is 11.7. The van der Waals surface area contributed by atoms with Crippen LogP contribution in [0, 0.1) is 0 Å². The molecule has 0 aliphatic heterocycles. The fourth-order valence-corrected chi connectivity index (χ4v) is 2.45. The molecule has 0 aromatic carbocycles. The Hall–Kier alpha value is -1.76. The summed E-state index contributed by atoms with van der Waals surface area (Å²) in [7, 11) is 0.313. The van der Waals surface area contributed by atoms with Gasteiger partial charge in [0.25, 0.3) is 0 Å². The highest BCUT2D eigenvalue weighted by molar-refractivity contribution is 7.90. The summed E-state index contributed by atoms with van der Waals surface area (Å²) in [6.45, 7) is 0. The van der Waals surface area contributed by atoms with E-state index in [1.54, 1.807) is 12.3 Å². The number of sulfone groups is 1. The molecule has 0 saturated carbocycles. The highest BCUT2D eigenvalue weighted by Gasteiger charge is 2.21.